The summed E-state index contributed by atoms with van der Waals surface area (Å²) in [4.78, 5) is 35.3. The average molecular weight is 440 g/mol. The number of nitrogens with zero attached hydrogens (tertiary/aromatic N) is 4. The van der Waals surface area contributed by atoms with E-state index in [9.17, 15) is 9.59 Å². The molecule has 2 N–H and O–H groups in total. The number of hydrogen-bond donors (Lipinski definition) is 1. The summed E-state index contributed by atoms with van der Waals surface area (Å²) < 4.78 is 2.05. The lowest BCUT2D eigenvalue weighted by Crippen LogP contribution is -2.42. The maximum absolute atomic E-state index is 12.8. The summed E-state index contributed by atoms with van der Waals surface area (Å²) in [6, 6.07) is 21.8. The lowest BCUT2D eigenvalue weighted by Gasteiger charge is -2.30. The molecule has 0 bridgehead atoms. The van der Waals surface area contributed by atoms with Gasteiger partial charge in [-0.15, -0.1) is 0 Å². The first-order valence-corrected chi connectivity index (χ1v) is 11.2. The lowest BCUT2D eigenvalue weighted by molar-refractivity contribution is -0.134. The number of piperidine rings is 1. The monoisotopic (exact) mass is 439 g/mol. The zero-order valence-electron chi connectivity index (χ0n) is 18.2. The Morgan fingerprint density at radius 1 is 0.939 bits per heavy atom. The number of amides is 2. The van der Waals surface area contributed by atoms with Gasteiger partial charge >= 0.3 is 0 Å². The van der Waals surface area contributed by atoms with Crippen LogP contribution in [0.4, 0.5) is 0 Å². The van der Waals surface area contributed by atoms with Crippen LogP contribution in [-0.4, -0.2) is 44.3 Å². The molecule has 7 heteroatoms. The smallest absolute Gasteiger partial charge is 0.226 e. The van der Waals surface area contributed by atoms with Crippen LogP contribution in [0.25, 0.3) is 28.2 Å². The number of carbonyl (C=O) groups is 2. The molecule has 2 amide bonds. The largest absolute Gasteiger partial charge is 0.369 e. The Balaban J connectivity index is 1.38. The number of fused-ring (bicyclic) bond motifs is 1. The Morgan fingerprint density at radius 3 is 2.36 bits per heavy atom. The molecule has 0 unspecified atom stereocenters. The number of rotatable bonds is 5. The molecule has 0 aliphatic carbocycles. The Kier molecular flexibility index (Phi) is 5.60. The van der Waals surface area contributed by atoms with E-state index in [1.807, 2.05) is 76.2 Å². The molecule has 1 aliphatic rings. The van der Waals surface area contributed by atoms with Gasteiger partial charge in [-0.3, -0.25) is 14.2 Å². The van der Waals surface area contributed by atoms with Crippen LogP contribution in [0.1, 0.15) is 18.4 Å². The Morgan fingerprint density at radius 2 is 1.67 bits per heavy atom. The Bertz CT molecular complexity index is 1290. The minimum Gasteiger partial charge on any atom is -0.369 e. The molecule has 1 saturated heterocycles. The molecule has 1 fully saturated rings. The number of aromatic nitrogens is 3. The Hall–Kier alpha value is -4.00. The van der Waals surface area contributed by atoms with E-state index in [1.54, 1.807) is 6.20 Å². The van der Waals surface area contributed by atoms with Gasteiger partial charge in [0.1, 0.15) is 11.3 Å². The van der Waals surface area contributed by atoms with Crippen LogP contribution >= 0.6 is 0 Å². The normalized spacial score (nSPS) is 14.5. The van der Waals surface area contributed by atoms with Gasteiger partial charge in [-0.1, -0.05) is 42.5 Å². The van der Waals surface area contributed by atoms with E-state index in [4.69, 9.17) is 10.7 Å². The van der Waals surface area contributed by atoms with Crippen LogP contribution in [0.3, 0.4) is 0 Å². The molecule has 7 nitrogen and oxygen atoms in total. The number of primary amides is 1. The number of likely N-dealkylation sites (tertiary alicyclic amines) is 1. The molecule has 0 radical (unpaired) electrons. The second-order valence-corrected chi connectivity index (χ2v) is 8.38. The van der Waals surface area contributed by atoms with Crippen LogP contribution in [0.15, 0.2) is 72.9 Å². The summed E-state index contributed by atoms with van der Waals surface area (Å²) >= 11 is 0. The summed E-state index contributed by atoms with van der Waals surface area (Å²) in [6.07, 6.45) is 3.38. The van der Waals surface area contributed by atoms with Gasteiger partial charge in [0.05, 0.1) is 6.42 Å². The summed E-state index contributed by atoms with van der Waals surface area (Å²) in [6.45, 7) is 1.16. The van der Waals surface area contributed by atoms with Gasteiger partial charge in [0, 0.05) is 36.5 Å². The minimum atomic E-state index is -0.269. The topological polar surface area (TPSA) is 94.1 Å². The highest BCUT2D eigenvalue weighted by molar-refractivity contribution is 5.81. The highest BCUT2D eigenvalue weighted by atomic mass is 16.2. The van der Waals surface area contributed by atoms with E-state index in [2.05, 4.69) is 4.98 Å². The zero-order chi connectivity index (χ0) is 22.8. The van der Waals surface area contributed by atoms with E-state index >= 15 is 0 Å². The second-order valence-electron chi connectivity index (χ2n) is 8.38. The number of pyridine rings is 1. The minimum absolute atomic E-state index is 0.0744. The van der Waals surface area contributed by atoms with Crippen molar-refractivity contribution in [2.24, 2.45) is 11.7 Å². The molecule has 166 valence electrons. The standard InChI is InChI=1S/C26H25N5O2/c27-24(33)19-12-15-30(16-13-19)23(32)17-18-8-10-21(11-9-18)31-25(20-5-2-1-3-6-20)29-22-7-4-14-28-26(22)31/h1-11,14,19H,12-13,15-17H2,(H2,27,33). The van der Waals surface area contributed by atoms with Crippen LogP contribution in [-0.2, 0) is 16.0 Å². The highest BCUT2D eigenvalue weighted by Crippen LogP contribution is 2.27. The summed E-state index contributed by atoms with van der Waals surface area (Å²) in [5, 5.41) is 0. The van der Waals surface area contributed by atoms with Crippen molar-refractivity contribution in [2.45, 2.75) is 19.3 Å². The van der Waals surface area contributed by atoms with Crippen molar-refractivity contribution in [1.82, 2.24) is 19.4 Å². The summed E-state index contributed by atoms with van der Waals surface area (Å²) in [7, 11) is 0. The summed E-state index contributed by atoms with van der Waals surface area (Å²) in [5.41, 5.74) is 9.90. The average Bonchev–Trinajstić information content (AvgIpc) is 3.25. The van der Waals surface area contributed by atoms with Gasteiger partial charge in [0.2, 0.25) is 11.8 Å². The van der Waals surface area contributed by atoms with Crippen LogP contribution in [0.2, 0.25) is 0 Å². The van der Waals surface area contributed by atoms with Gasteiger partial charge in [-0.05, 0) is 42.7 Å². The fourth-order valence-electron chi connectivity index (χ4n) is 4.40. The molecular weight excluding hydrogens is 414 g/mol. The molecule has 5 rings (SSSR count). The molecule has 3 heterocycles. The fourth-order valence-corrected chi connectivity index (χ4v) is 4.40. The van der Waals surface area contributed by atoms with E-state index in [1.165, 1.54) is 0 Å². The van der Waals surface area contributed by atoms with Gasteiger partial charge in [0.25, 0.3) is 0 Å². The van der Waals surface area contributed by atoms with Crippen LogP contribution < -0.4 is 5.73 Å². The van der Waals surface area contributed by atoms with E-state index in [-0.39, 0.29) is 17.7 Å². The van der Waals surface area contributed by atoms with Crippen LogP contribution in [0, 0.1) is 5.92 Å². The van der Waals surface area contributed by atoms with Gasteiger partial charge < -0.3 is 10.6 Å². The van der Waals surface area contributed by atoms with Gasteiger partial charge in [-0.25, -0.2) is 9.97 Å². The predicted octanol–water partition coefficient (Wildman–Crippen LogP) is 3.35. The van der Waals surface area contributed by atoms with Crippen molar-refractivity contribution in [3.63, 3.8) is 0 Å². The molecule has 0 saturated carbocycles. The Labute approximate surface area is 191 Å². The van der Waals surface area contributed by atoms with E-state index in [0.717, 1.165) is 33.8 Å². The molecule has 2 aromatic carbocycles. The van der Waals surface area contributed by atoms with Crippen molar-refractivity contribution in [1.29, 1.82) is 0 Å². The van der Waals surface area contributed by atoms with Gasteiger partial charge in [0.15, 0.2) is 5.65 Å². The first-order valence-electron chi connectivity index (χ1n) is 11.2. The SMILES string of the molecule is NC(=O)C1CCN(C(=O)Cc2ccc(-n3c(-c4ccccc4)nc4cccnc43)cc2)CC1. The second kappa shape index (κ2) is 8.86. The quantitative estimate of drug-likeness (QED) is 0.516. The predicted molar refractivity (Wildman–Crippen MR) is 127 cm³/mol. The molecular formula is C26H25N5O2. The van der Waals surface area contributed by atoms with Crippen molar-refractivity contribution in [3.05, 3.63) is 78.5 Å². The maximum atomic E-state index is 12.8. The van der Waals surface area contributed by atoms with Crippen molar-refractivity contribution >= 4 is 23.0 Å². The van der Waals surface area contributed by atoms with E-state index in [0.29, 0.717) is 32.4 Å². The third-order valence-electron chi connectivity index (χ3n) is 6.25. The van der Waals surface area contributed by atoms with Crippen molar-refractivity contribution < 1.29 is 9.59 Å². The highest BCUT2D eigenvalue weighted by Gasteiger charge is 2.25. The van der Waals surface area contributed by atoms with Crippen LogP contribution in [0.5, 0.6) is 0 Å². The zero-order valence-corrected chi connectivity index (χ0v) is 18.2. The molecule has 33 heavy (non-hydrogen) atoms. The van der Waals surface area contributed by atoms with Crippen molar-refractivity contribution in [3.8, 4) is 17.1 Å². The van der Waals surface area contributed by atoms with Crippen molar-refractivity contribution in [2.75, 3.05) is 13.1 Å². The molecule has 4 aromatic rings. The number of imidazole rings is 1. The molecule has 2 aromatic heterocycles. The number of hydrogen-bond acceptors (Lipinski definition) is 4. The summed E-state index contributed by atoms with van der Waals surface area (Å²) in [5.74, 6) is 0.510. The van der Waals surface area contributed by atoms with E-state index < -0.39 is 0 Å². The number of benzene rings is 2. The third-order valence-corrected chi connectivity index (χ3v) is 6.25. The third kappa shape index (κ3) is 4.22. The number of carbonyl (C=O) groups excluding carboxylic acids is 2. The first kappa shape index (κ1) is 20.9. The molecule has 0 spiro atoms. The lowest BCUT2D eigenvalue weighted by atomic mass is 9.96. The fraction of sp³-hybridized carbons (Fsp3) is 0.231. The van der Waals surface area contributed by atoms with Gasteiger partial charge in [-0.2, -0.15) is 0 Å². The maximum Gasteiger partial charge on any atom is 0.226 e. The molecule has 0 atom stereocenters. The first-order chi connectivity index (χ1) is 16.1. The molecule has 1 aliphatic heterocycles. The number of nitrogens with two attached hydrogens (primary N) is 1.